The first-order valence-electron chi connectivity index (χ1n) is 8.76. The lowest BCUT2D eigenvalue weighted by Crippen LogP contribution is -2.09. The summed E-state index contributed by atoms with van der Waals surface area (Å²) >= 11 is 1.41. The molecule has 2 aromatic heterocycles. The first kappa shape index (κ1) is 19.3. The summed E-state index contributed by atoms with van der Waals surface area (Å²) < 4.78 is 6.93. The van der Waals surface area contributed by atoms with Crippen LogP contribution < -0.4 is 10.1 Å². The molecule has 0 radical (unpaired) electrons. The van der Waals surface area contributed by atoms with Gasteiger partial charge in [0.25, 0.3) is 17.5 Å². The largest absolute Gasteiger partial charge is 0.497 e. The van der Waals surface area contributed by atoms with Crippen molar-refractivity contribution in [2.24, 2.45) is 0 Å². The minimum atomic E-state index is -0.476. The third kappa shape index (κ3) is 4.03. The summed E-state index contributed by atoms with van der Waals surface area (Å²) in [5, 5.41) is 19.6. The van der Waals surface area contributed by atoms with Crippen molar-refractivity contribution in [3.8, 4) is 17.0 Å². The van der Waals surface area contributed by atoms with E-state index in [-0.39, 0.29) is 11.6 Å². The van der Waals surface area contributed by atoms with Crippen molar-refractivity contribution in [1.82, 2.24) is 14.6 Å². The van der Waals surface area contributed by atoms with E-state index in [1.807, 2.05) is 29.6 Å². The first-order valence-corrected chi connectivity index (χ1v) is 9.63. The number of nitrogens with zero attached hydrogens (tertiary/aromatic N) is 4. The predicted octanol–water partition coefficient (Wildman–Crippen LogP) is 4.03. The van der Waals surface area contributed by atoms with Crippen LogP contribution in [0.4, 0.5) is 11.6 Å². The van der Waals surface area contributed by atoms with E-state index in [1.54, 1.807) is 29.8 Å². The summed E-state index contributed by atoms with van der Waals surface area (Å²) in [4.78, 5) is 27.4. The van der Waals surface area contributed by atoms with Gasteiger partial charge in [-0.1, -0.05) is 12.1 Å². The molecule has 150 valence electrons. The summed E-state index contributed by atoms with van der Waals surface area (Å²) in [5.74, 6) is 0.510. The lowest BCUT2D eigenvalue weighted by atomic mass is 10.2. The molecule has 4 aromatic rings. The highest BCUT2D eigenvalue weighted by atomic mass is 32.1. The fourth-order valence-electron chi connectivity index (χ4n) is 2.75. The number of aromatic nitrogens is 3. The number of nitro benzene ring substituents is 1. The van der Waals surface area contributed by atoms with E-state index in [0.717, 1.165) is 17.0 Å². The number of hydrogen-bond acceptors (Lipinski definition) is 7. The van der Waals surface area contributed by atoms with E-state index in [1.165, 1.54) is 29.5 Å². The van der Waals surface area contributed by atoms with Crippen LogP contribution >= 0.6 is 11.3 Å². The molecule has 2 aromatic carbocycles. The topological polar surface area (TPSA) is 112 Å². The van der Waals surface area contributed by atoms with E-state index < -0.39 is 10.8 Å². The molecule has 0 aliphatic rings. The molecule has 0 spiro atoms. The van der Waals surface area contributed by atoms with Gasteiger partial charge in [0, 0.05) is 29.2 Å². The number of methoxy groups -OCH3 is 1. The van der Waals surface area contributed by atoms with Gasteiger partial charge in [0.2, 0.25) is 4.96 Å². The normalized spacial score (nSPS) is 11.1. The predicted molar refractivity (Wildman–Crippen MR) is 114 cm³/mol. The van der Waals surface area contributed by atoms with E-state index >= 15 is 0 Å². The van der Waals surface area contributed by atoms with Crippen LogP contribution in [0.3, 0.4) is 0 Å². The minimum absolute atomic E-state index is 0.00859. The number of nitrogens with one attached hydrogen (secondary N) is 1. The smallest absolute Gasteiger partial charge is 0.269 e. The second-order valence-electron chi connectivity index (χ2n) is 6.15. The van der Waals surface area contributed by atoms with Crippen LogP contribution in [0.25, 0.3) is 22.3 Å². The number of carbonyl (C=O) groups excluding carboxylic acids is 1. The van der Waals surface area contributed by atoms with Gasteiger partial charge >= 0.3 is 0 Å². The number of amides is 1. The van der Waals surface area contributed by atoms with Crippen molar-refractivity contribution in [3.05, 3.63) is 75.7 Å². The number of non-ortho nitro benzene ring substituents is 1. The highest BCUT2D eigenvalue weighted by molar-refractivity contribution is 7.15. The Balaban J connectivity index is 1.49. The van der Waals surface area contributed by atoms with Crippen molar-refractivity contribution in [1.29, 1.82) is 0 Å². The Morgan fingerprint density at radius 3 is 2.80 bits per heavy atom. The average Bonchev–Trinajstić information content (AvgIpc) is 3.32. The molecule has 0 bridgehead atoms. The van der Waals surface area contributed by atoms with Crippen molar-refractivity contribution >= 4 is 39.9 Å². The molecule has 0 saturated heterocycles. The van der Waals surface area contributed by atoms with Gasteiger partial charge in [-0.15, -0.1) is 16.4 Å². The van der Waals surface area contributed by atoms with Gasteiger partial charge in [0.05, 0.1) is 17.7 Å². The maximum atomic E-state index is 12.2. The van der Waals surface area contributed by atoms with Gasteiger partial charge in [-0.25, -0.2) is 4.52 Å². The number of hydrogen-bond donors (Lipinski definition) is 1. The molecule has 1 N–H and O–H groups in total. The van der Waals surface area contributed by atoms with Gasteiger partial charge < -0.3 is 4.74 Å². The lowest BCUT2D eigenvalue weighted by Gasteiger charge is -2.02. The van der Waals surface area contributed by atoms with Crippen LogP contribution in [0.2, 0.25) is 0 Å². The van der Waals surface area contributed by atoms with Crippen molar-refractivity contribution in [2.45, 2.75) is 0 Å². The van der Waals surface area contributed by atoms with Crippen molar-refractivity contribution in [3.63, 3.8) is 0 Å². The molecular weight excluding hydrogens is 406 g/mol. The molecule has 4 rings (SSSR count). The summed E-state index contributed by atoms with van der Waals surface area (Å²) in [6.07, 6.45) is 2.87. The second kappa shape index (κ2) is 8.13. The fraction of sp³-hybridized carbons (Fsp3) is 0.0500. The number of anilines is 1. The number of fused-ring (bicyclic) bond motifs is 1. The number of carbonyl (C=O) groups is 1. The Morgan fingerprint density at radius 1 is 1.27 bits per heavy atom. The number of benzene rings is 2. The molecule has 1 amide bonds. The Bertz CT molecular complexity index is 1260. The van der Waals surface area contributed by atoms with E-state index in [9.17, 15) is 14.9 Å². The van der Waals surface area contributed by atoms with Crippen molar-refractivity contribution < 1.29 is 14.5 Å². The molecule has 10 heteroatoms. The summed E-state index contributed by atoms with van der Waals surface area (Å²) in [6.45, 7) is 0. The Kier molecular flexibility index (Phi) is 5.22. The lowest BCUT2D eigenvalue weighted by molar-refractivity contribution is -0.384. The van der Waals surface area contributed by atoms with E-state index in [2.05, 4.69) is 15.4 Å². The van der Waals surface area contributed by atoms with Gasteiger partial charge in [0.15, 0.2) is 0 Å². The SMILES string of the molecule is COc1cccc(-c2csc3nc(NC(=O)/C=C/c4ccc([N+](=O)[O-])cc4)nn23)c1. The second-order valence-corrected chi connectivity index (χ2v) is 6.99. The van der Waals surface area contributed by atoms with Crippen molar-refractivity contribution in [2.75, 3.05) is 12.4 Å². The monoisotopic (exact) mass is 421 g/mol. The highest BCUT2D eigenvalue weighted by Crippen LogP contribution is 2.28. The zero-order chi connectivity index (χ0) is 21.1. The number of rotatable bonds is 6. The first-order chi connectivity index (χ1) is 14.5. The number of ether oxygens (including phenoxy) is 1. The highest BCUT2D eigenvalue weighted by Gasteiger charge is 2.13. The quantitative estimate of drug-likeness (QED) is 0.286. The third-order valence-electron chi connectivity index (χ3n) is 4.21. The Labute approximate surface area is 174 Å². The van der Waals surface area contributed by atoms with Crippen LogP contribution in [0, 0.1) is 10.1 Å². The van der Waals surface area contributed by atoms with Crippen LogP contribution in [-0.2, 0) is 4.79 Å². The van der Waals surface area contributed by atoms with E-state index in [4.69, 9.17) is 4.74 Å². The maximum Gasteiger partial charge on any atom is 0.269 e. The van der Waals surface area contributed by atoms with Crippen LogP contribution in [0.5, 0.6) is 5.75 Å². The maximum absolute atomic E-state index is 12.2. The summed E-state index contributed by atoms with van der Waals surface area (Å²) in [6, 6.07) is 13.5. The molecule has 0 fully saturated rings. The molecule has 30 heavy (non-hydrogen) atoms. The number of thiazole rings is 1. The van der Waals surface area contributed by atoms with Gasteiger partial charge in [-0.05, 0) is 35.9 Å². The van der Waals surface area contributed by atoms with Crippen LogP contribution in [-0.4, -0.2) is 32.5 Å². The average molecular weight is 421 g/mol. The van der Waals surface area contributed by atoms with Crippen LogP contribution in [0.1, 0.15) is 5.56 Å². The molecule has 2 heterocycles. The molecule has 9 nitrogen and oxygen atoms in total. The van der Waals surface area contributed by atoms with Gasteiger partial charge in [0.1, 0.15) is 5.75 Å². The standard InChI is InChI=1S/C20H15N5O4S/c1-29-16-4-2-3-14(11-16)17-12-30-20-22-19(23-24(17)20)21-18(26)10-7-13-5-8-15(9-6-13)25(27)28/h2-12H,1H3,(H,21,23,26)/b10-7+. The zero-order valence-corrected chi connectivity index (χ0v) is 16.5. The molecule has 0 atom stereocenters. The zero-order valence-electron chi connectivity index (χ0n) is 15.7. The van der Waals surface area contributed by atoms with E-state index in [0.29, 0.717) is 10.5 Å². The Hall–Kier alpha value is -4.05. The number of nitro groups is 1. The molecule has 0 saturated carbocycles. The summed E-state index contributed by atoms with van der Waals surface area (Å²) in [7, 11) is 1.61. The molecule has 0 aliphatic carbocycles. The summed E-state index contributed by atoms with van der Waals surface area (Å²) in [5.41, 5.74) is 2.41. The van der Waals surface area contributed by atoms with Gasteiger partial charge in [-0.3, -0.25) is 20.2 Å². The van der Waals surface area contributed by atoms with Gasteiger partial charge in [-0.2, -0.15) is 4.98 Å². The molecular formula is C20H15N5O4S. The Morgan fingerprint density at radius 2 is 2.07 bits per heavy atom. The minimum Gasteiger partial charge on any atom is -0.497 e. The van der Waals surface area contributed by atoms with Crippen LogP contribution in [0.15, 0.2) is 60.0 Å². The third-order valence-corrected chi connectivity index (χ3v) is 5.03. The fourth-order valence-corrected chi connectivity index (χ4v) is 3.58. The molecule has 0 unspecified atom stereocenters. The molecule has 0 aliphatic heterocycles.